The molecule has 0 rings (SSSR count). The van der Waals surface area contributed by atoms with Gasteiger partial charge in [0.2, 0.25) is 0 Å². The van der Waals surface area contributed by atoms with Crippen LogP contribution in [0.15, 0.2) is 0 Å². The zero-order valence-corrected chi connectivity index (χ0v) is 3.49. The van der Waals surface area contributed by atoms with Crippen molar-refractivity contribution in [2.24, 2.45) is 10.9 Å². The Bertz CT molecular complexity index is 44.9. The highest BCUT2D eigenvalue weighted by atomic mass is 32.2. The van der Waals surface area contributed by atoms with E-state index in [9.17, 15) is 4.21 Å². The van der Waals surface area contributed by atoms with E-state index in [1.165, 1.54) is 0 Å². The molecule has 4 heteroatoms. The molecule has 0 amide bonds. The van der Waals surface area contributed by atoms with Gasteiger partial charge in [0.25, 0.3) is 0 Å². The minimum Gasteiger partial charge on any atom is -0.319 e. The van der Waals surface area contributed by atoms with Gasteiger partial charge in [-0.25, -0.2) is 4.21 Å². The molecule has 0 aliphatic carbocycles. The molecule has 0 aromatic heterocycles. The predicted octanol–water partition coefficient (Wildman–Crippen LogP) is -1.47. The van der Waals surface area contributed by atoms with Gasteiger partial charge in [0.05, 0.1) is 5.88 Å². The van der Waals surface area contributed by atoms with E-state index < -0.39 is 11.0 Å². The van der Waals surface area contributed by atoms with Crippen molar-refractivity contribution in [1.82, 2.24) is 0 Å². The average molecular weight is 94.1 g/mol. The molecule has 0 aliphatic heterocycles. The normalized spacial score (nSPS) is 14.8. The molecule has 0 saturated carbocycles. The summed E-state index contributed by atoms with van der Waals surface area (Å²) in [5.74, 6) is 0.0556. The second kappa shape index (κ2) is 2.32. The van der Waals surface area contributed by atoms with Crippen LogP contribution in [0.1, 0.15) is 0 Å². The lowest BCUT2D eigenvalue weighted by molar-refractivity contribution is 0.684. The van der Waals surface area contributed by atoms with Crippen LogP contribution in [0.25, 0.3) is 0 Å². The lowest BCUT2D eigenvalue weighted by atomic mass is 11.6. The van der Waals surface area contributed by atoms with E-state index in [2.05, 4.69) is 5.14 Å². The molecule has 1 unspecified atom stereocenters. The van der Waals surface area contributed by atoms with Crippen molar-refractivity contribution in [1.29, 1.82) is 0 Å². The van der Waals surface area contributed by atoms with Crippen LogP contribution in [0.4, 0.5) is 0 Å². The summed E-state index contributed by atoms with van der Waals surface area (Å²) in [7, 11) is -1.29. The van der Waals surface area contributed by atoms with E-state index in [4.69, 9.17) is 5.73 Å². The highest BCUT2D eigenvalue weighted by Gasteiger charge is 1.73. The third-order valence-electron chi connectivity index (χ3n) is 0.164. The predicted molar refractivity (Wildman–Crippen MR) is 21.4 cm³/mol. The van der Waals surface area contributed by atoms with Crippen LogP contribution in [-0.2, 0) is 11.0 Å². The lowest BCUT2D eigenvalue weighted by Crippen LogP contribution is -2.14. The molecule has 1 atom stereocenters. The smallest absolute Gasteiger partial charge is 0.103 e. The molecule has 0 aliphatic rings. The molecular formula is CH6N2OS. The molecule has 0 saturated heterocycles. The van der Waals surface area contributed by atoms with E-state index in [-0.39, 0.29) is 5.88 Å². The van der Waals surface area contributed by atoms with Crippen LogP contribution < -0.4 is 10.9 Å². The highest BCUT2D eigenvalue weighted by molar-refractivity contribution is 7.82. The van der Waals surface area contributed by atoms with E-state index in [0.717, 1.165) is 0 Å². The maximum Gasteiger partial charge on any atom is 0.103 e. The van der Waals surface area contributed by atoms with Crippen molar-refractivity contribution in [3.8, 4) is 0 Å². The summed E-state index contributed by atoms with van der Waals surface area (Å²) in [5, 5.41) is 4.64. The molecule has 0 fully saturated rings. The van der Waals surface area contributed by atoms with E-state index >= 15 is 0 Å². The van der Waals surface area contributed by atoms with Gasteiger partial charge in [-0.05, 0) is 0 Å². The summed E-state index contributed by atoms with van der Waals surface area (Å²) in [5.41, 5.74) is 4.75. The SMILES string of the molecule is NCS(N)=O. The number of hydrogen-bond donors (Lipinski definition) is 2. The zero-order valence-electron chi connectivity index (χ0n) is 2.68. The molecule has 3 nitrogen and oxygen atoms in total. The number of rotatable bonds is 1. The Kier molecular flexibility index (Phi) is 2.35. The first-order valence-corrected chi connectivity index (χ1v) is 2.48. The Balaban J connectivity index is 2.85. The van der Waals surface area contributed by atoms with Gasteiger partial charge in [-0.15, -0.1) is 0 Å². The van der Waals surface area contributed by atoms with Gasteiger partial charge in [-0.3, -0.25) is 5.14 Å². The third kappa shape index (κ3) is 4.07. The summed E-state index contributed by atoms with van der Waals surface area (Å²) in [6.07, 6.45) is 0. The van der Waals surface area contributed by atoms with Gasteiger partial charge in [0, 0.05) is 0 Å². The summed E-state index contributed by atoms with van der Waals surface area (Å²) in [6, 6.07) is 0. The average Bonchev–Trinajstić information content (AvgIpc) is 1.38. The second-order valence-corrected chi connectivity index (χ2v) is 1.64. The summed E-state index contributed by atoms with van der Waals surface area (Å²) < 4.78 is 9.58. The Morgan fingerprint density at radius 1 is 1.80 bits per heavy atom. The summed E-state index contributed by atoms with van der Waals surface area (Å²) in [6.45, 7) is 0. The van der Waals surface area contributed by atoms with Gasteiger partial charge < -0.3 is 5.73 Å². The first-order valence-electron chi connectivity index (χ1n) is 1.10. The van der Waals surface area contributed by atoms with Crippen LogP contribution in [0.2, 0.25) is 0 Å². The van der Waals surface area contributed by atoms with E-state index in [1.807, 2.05) is 0 Å². The van der Waals surface area contributed by atoms with Gasteiger partial charge >= 0.3 is 0 Å². The number of hydrogen-bond acceptors (Lipinski definition) is 2. The standard InChI is InChI=1S/CH6N2OS/c2-1-5(3)4/h1-3H2. The lowest BCUT2D eigenvalue weighted by Gasteiger charge is -1.76. The maximum absolute atomic E-state index is 9.58. The maximum atomic E-state index is 9.58. The molecule has 4 N–H and O–H groups in total. The fraction of sp³-hybridized carbons (Fsp3) is 1.00. The Morgan fingerprint density at radius 3 is 2.00 bits per heavy atom. The topological polar surface area (TPSA) is 69.1 Å². The highest BCUT2D eigenvalue weighted by Crippen LogP contribution is 1.47. The van der Waals surface area contributed by atoms with Gasteiger partial charge in [-0.2, -0.15) is 0 Å². The molecule has 0 radical (unpaired) electrons. The van der Waals surface area contributed by atoms with Crippen LogP contribution in [-0.4, -0.2) is 10.1 Å². The Morgan fingerprint density at radius 2 is 2.00 bits per heavy atom. The fourth-order valence-corrected chi connectivity index (χ4v) is 0. The van der Waals surface area contributed by atoms with Crippen molar-refractivity contribution in [2.45, 2.75) is 0 Å². The number of nitrogens with two attached hydrogens (primary N) is 2. The summed E-state index contributed by atoms with van der Waals surface area (Å²) >= 11 is 0. The van der Waals surface area contributed by atoms with Gasteiger partial charge in [0.15, 0.2) is 0 Å². The van der Waals surface area contributed by atoms with Crippen molar-refractivity contribution < 1.29 is 4.21 Å². The largest absolute Gasteiger partial charge is 0.319 e. The molecular weight excluding hydrogens is 88.1 g/mol. The molecule has 5 heavy (non-hydrogen) atoms. The summed E-state index contributed by atoms with van der Waals surface area (Å²) in [4.78, 5) is 0. The first-order chi connectivity index (χ1) is 2.27. The minimum atomic E-state index is -1.29. The monoisotopic (exact) mass is 94.0 g/mol. The minimum absolute atomic E-state index is 0.0556. The van der Waals surface area contributed by atoms with Crippen molar-refractivity contribution >= 4 is 11.0 Å². The van der Waals surface area contributed by atoms with Crippen LogP contribution in [0.5, 0.6) is 0 Å². The van der Waals surface area contributed by atoms with Gasteiger partial charge in [-0.1, -0.05) is 0 Å². The molecule has 32 valence electrons. The molecule has 0 heterocycles. The van der Waals surface area contributed by atoms with Crippen molar-refractivity contribution in [3.63, 3.8) is 0 Å². The molecule has 0 aromatic carbocycles. The van der Waals surface area contributed by atoms with Crippen LogP contribution in [0, 0.1) is 0 Å². The van der Waals surface area contributed by atoms with Crippen LogP contribution >= 0.6 is 0 Å². The Labute approximate surface area is 32.9 Å². The van der Waals surface area contributed by atoms with Crippen LogP contribution in [0.3, 0.4) is 0 Å². The van der Waals surface area contributed by atoms with E-state index in [0.29, 0.717) is 0 Å². The van der Waals surface area contributed by atoms with Gasteiger partial charge in [0.1, 0.15) is 11.0 Å². The molecule has 0 bridgehead atoms. The van der Waals surface area contributed by atoms with Crippen molar-refractivity contribution in [2.75, 3.05) is 5.88 Å². The quantitative estimate of drug-likeness (QED) is 0.416. The molecule has 0 aromatic rings. The fourth-order valence-electron chi connectivity index (χ4n) is 0. The second-order valence-electron chi connectivity index (χ2n) is 0.547. The Hall–Kier alpha value is 0.0700. The third-order valence-corrected chi connectivity index (χ3v) is 0.493. The van der Waals surface area contributed by atoms with Crippen molar-refractivity contribution in [3.05, 3.63) is 0 Å². The van der Waals surface area contributed by atoms with E-state index in [1.54, 1.807) is 0 Å². The first kappa shape index (κ1) is 5.07. The molecule has 0 spiro atoms. The zero-order chi connectivity index (χ0) is 4.28.